The van der Waals surface area contributed by atoms with E-state index in [-0.39, 0.29) is 11.5 Å². The van der Waals surface area contributed by atoms with Crippen LogP contribution in [-0.4, -0.2) is 10.9 Å². The fourth-order valence-electron chi connectivity index (χ4n) is 1.59. The van der Waals surface area contributed by atoms with E-state index < -0.39 is 0 Å². The minimum Gasteiger partial charge on any atom is -0.504 e. The molecule has 0 aromatic heterocycles. The van der Waals surface area contributed by atoms with Gasteiger partial charge in [-0.25, -0.2) is 0 Å². The van der Waals surface area contributed by atoms with Crippen molar-refractivity contribution in [3.05, 3.63) is 54.1 Å². The van der Waals surface area contributed by atoms with Crippen LogP contribution in [0.3, 0.4) is 0 Å². The third-order valence-electron chi connectivity index (χ3n) is 2.57. The lowest BCUT2D eigenvalue weighted by Gasteiger charge is -2.08. The Hall–Kier alpha value is -2.29. The van der Waals surface area contributed by atoms with Gasteiger partial charge in [-0.3, -0.25) is 4.79 Å². The first kappa shape index (κ1) is 12.2. The molecule has 0 bridgehead atoms. The molecule has 3 heteroatoms. The Morgan fingerprint density at radius 1 is 1.17 bits per heavy atom. The lowest BCUT2D eigenvalue weighted by Crippen LogP contribution is -1.96. The summed E-state index contributed by atoms with van der Waals surface area (Å²) < 4.78 is 5.54. The van der Waals surface area contributed by atoms with Crippen molar-refractivity contribution >= 4 is 5.78 Å². The van der Waals surface area contributed by atoms with Crippen molar-refractivity contribution in [1.29, 1.82) is 0 Å². The maximum atomic E-state index is 11.6. The van der Waals surface area contributed by atoms with Crippen LogP contribution >= 0.6 is 0 Å². The summed E-state index contributed by atoms with van der Waals surface area (Å²) in [6.45, 7) is 1.80. The maximum absolute atomic E-state index is 11.6. The van der Waals surface area contributed by atoms with Crippen LogP contribution in [0.25, 0.3) is 0 Å². The molecule has 2 aromatic rings. The molecule has 0 aliphatic carbocycles. The minimum absolute atomic E-state index is 0.0199. The number of carbonyl (C=O) groups excluding carboxylic acids is 1. The molecule has 0 unspecified atom stereocenters. The lowest BCUT2D eigenvalue weighted by atomic mass is 10.1. The van der Waals surface area contributed by atoms with Crippen LogP contribution in [0.15, 0.2) is 48.5 Å². The van der Waals surface area contributed by atoms with E-state index in [4.69, 9.17) is 4.74 Å². The normalized spacial score (nSPS) is 10.1. The van der Waals surface area contributed by atoms with Crippen LogP contribution < -0.4 is 4.74 Å². The Kier molecular flexibility index (Phi) is 3.63. The molecule has 0 saturated heterocycles. The Balaban J connectivity index is 2.30. The summed E-state index contributed by atoms with van der Waals surface area (Å²) in [5.74, 6) is 0.953. The average Bonchev–Trinajstić information content (AvgIpc) is 2.41. The first-order valence-electron chi connectivity index (χ1n) is 5.80. The Morgan fingerprint density at radius 3 is 2.56 bits per heavy atom. The predicted octanol–water partition coefficient (Wildman–Crippen LogP) is 3.78. The molecule has 0 atom stereocenters. The first-order valence-corrected chi connectivity index (χ1v) is 5.80. The molecular weight excluding hydrogens is 228 g/mol. The van der Waals surface area contributed by atoms with Gasteiger partial charge in [-0.15, -0.1) is 0 Å². The van der Waals surface area contributed by atoms with E-state index in [0.29, 0.717) is 23.5 Å². The molecule has 3 nitrogen and oxygen atoms in total. The van der Waals surface area contributed by atoms with Crippen LogP contribution in [0.2, 0.25) is 0 Å². The summed E-state index contributed by atoms with van der Waals surface area (Å²) in [7, 11) is 0. The van der Waals surface area contributed by atoms with Crippen molar-refractivity contribution in [3.63, 3.8) is 0 Å². The third-order valence-corrected chi connectivity index (χ3v) is 2.57. The zero-order valence-electron chi connectivity index (χ0n) is 10.1. The number of phenolic OH excluding ortho intramolecular Hbond substituents is 1. The number of rotatable bonds is 4. The fraction of sp³-hybridized carbons (Fsp3) is 0.133. The first-order chi connectivity index (χ1) is 8.70. The molecule has 0 spiro atoms. The van der Waals surface area contributed by atoms with Crippen LogP contribution in [-0.2, 0) is 0 Å². The summed E-state index contributed by atoms with van der Waals surface area (Å²) in [5, 5.41) is 9.71. The predicted molar refractivity (Wildman–Crippen MR) is 69.2 cm³/mol. The number of ether oxygens (including phenoxy) is 1. The van der Waals surface area contributed by atoms with Crippen LogP contribution in [0, 0.1) is 0 Å². The molecule has 1 N–H and O–H groups in total. The van der Waals surface area contributed by atoms with Crippen LogP contribution in [0.5, 0.6) is 17.2 Å². The number of Topliss-reactive ketones (excluding diaryl/α,β-unsaturated/α-hetero) is 1. The number of ketones is 1. The van der Waals surface area contributed by atoms with E-state index in [0.717, 1.165) is 0 Å². The number of benzene rings is 2. The van der Waals surface area contributed by atoms with Crippen LogP contribution in [0.4, 0.5) is 0 Å². The molecule has 18 heavy (non-hydrogen) atoms. The highest BCUT2D eigenvalue weighted by Crippen LogP contribution is 2.31. The molecule has 0 fully saturated rings. The van der Waals surface area contributed by atoms with Crippen molar-refractivity contribution in [1.82, 2.24) is 0 Å². The molecule has 2 aromatic carbocycles. The van der Waals surface area contributed by atoms with Crippen LogP contribution in [0.1, 0.15) is 23.7 Å². The highest BCUT2D eigenvalue weighted by molar-refractivity contribution is 5.96. The van der Waals surface area contributed by atoms with E-state index in [1.54, 1.807) is 31.2 Å². The highest BCUT2D eigenvalue weighted by atomic mass is 16.5. The lowest BCUT2D eigenvalue weighted by molar-refractivity contribution is 0.0988. The number of phenols is 1. The third kappa shape index (κ3) is 2.69. The number of aromatic hydroxyl groups is 1. The Bertz CT molecular complexity index is 547. The van der Waals surface area contributed by atoms with Crippen molar-refractivity contribution in [2.24, 2.45) is 0 Å². The minimum atomic E-state index is 0.0199. The largest absolute Gasteiger partial charge is 0.504 e. The maximum Gasteiger partial charge on any atom is 0.169 e. The second-order valence-corrected chi connectivity index (χ2v) is 3.87. The fourth-order valence-corrected chi connectivity index (χ4v) is 1.59. The van der Waals surface area contributed by atoms with E-state index in [9.17, 15) is 9.90 Å². The summed E-state index contributed by atoms with van der Waals surface area (Å²) in [5.41, 5.74) is 0.543. The van der Waals surface area contributed by atoms with Gasteiger partial charge < -0.3 is 9.84 Å². The van der Waals surface area contributed by atoms with E-state index >= 15 is 0 Å². The van der Waals surface area contributed by atoms with Crippen molar-refractivity contribution < 1.29 is 14.6 Å². The molecule has 0 aliphatic heterocycles. The topological polar surface area (TPSA) is 46.5 Å². The van der Waals surface area contributed by atoms with Crippen molar-refractivity contribution in [2.45, 2.75) is 13.3 Å². The molecule has 0 aliphatic rings. The van der Waals surface area contributed by atoms with Gasteiger partial charge in [0.25, 0.3) is 0 Å². The number of para-hydroxylation sites is 1. The Labute approximate surface area is 106 Å². The molecule has 2 rings (SSSR count). The molecule has 0 amide bonds. The van der Waals surface area contributed by atoms with Gasteiger partial charge in [0.05, 0.1) is 0 Å². The second-order valence-electron chi connectivity index (χ2n) is 3.87. The van der Waals surface area contributed by atoms with E-state index in [1.807, 2.05) is 18.2 Å². The second kappa shape index (κ2) is 5.36. The molecule has 0 radical (unpaired) electrons. The van der Waals surface area contributed by atoms with Gasteiger partial charge in [-0.2, -0.15) is 0 Å². The van der Waals surface area contributed by atoms with Gasteiger partial charge in [-0.05, 0) is 30.3 Å². The summed E-state index contributed by atoms with van der Waals surface area (Å²) in [4.78, 5) is 11.6. The van der Waals surface area contributed by atoms with Gasteiger partial charge >= 0.3 is 0 Å². The zero-order valence-corrected chi connectivity index (χ0v) is 10.1. The highest BCUT2D eigenvalue weighted by Gasteiger charge is 2.09. The zero-order chi connectivity index (χ0) is 13.0. The number of hydrogen-bond donors (Lipinski definition) is 1. The number of hydrogen-bond acceptors (Lipinski definition) is 3. The standard InChI is InChI=1S/C15H14O3/c1-2-13(16)11-8-9-14(17)15(10-11)18-12-6-4-3-5-7-12/h3-10,17H,2H2,1H3. The summed E-state index contributed by atoms with van der Waals surface area (Å²) >= 11 is 0. The van der Waals surface area contributed by atoms with Gasteiger partial charge in [0.2, 0.25) is 0 Å². The monoisotopic (exact) mass is 242 g/mol. The quantitative estimate of drug-likeness (QED) is 0.830. The van der Waals surface area contributed by atoms with E-state index in [2.05, 4.69) is 0 Å². The number of carbonyl (C=O) groups is 1. The smallest absolute Gasteiger partial charge is 0.169 e. The van der Waals surface area contributed by atoms with Crippen molar-refractivity contribution in [3.8, 4) is 17.2 Å². The molecule has 0 heterocycles. The summed E-state index contributed by atoms with van der Waals surface area (Å²) in [6, 6.07) is 13.8. The molecule has 92 valence electrons. The SMILES string of the molecule is CCC(=O)c1ccc(O)c(Oc2ccccc2)c1. The van der Waals surface area contributed by atoms with Gasteiger partial charge in [-0.1, -0.05) is 25.1 Å². The Morgan fingerprint density at radius 2 is 1.89 bits per heavy atom. The average molecular weight is 242 g/mol. The summed E-state index contributed by atoms with van der Waals surface area (Å²) in [6.07, 6.45) is 0.426. The van der Waals surface area contributed by atoms with Gasteiger partial charge in [0, 0.05) is 12.0 Å². The van der Waals surface area contributed by atoms with Gasteiger partial charge in [0.15, 0.2) is 17.3 Å². The van der Waals surface area contributed by atoms with Gasteiger partial charge in [0.1, 0.15) is 5.75 Å². The molecular formula is C15H14O3. The molecule has 0 saturated carbocycles. The van der Waals surface area contributed by atoms with Crippen molar-refractivity contribution in [2.75, 3.05) is 0 Å². The van der Waals surface area contributed by atoms with E-state index in [1.165, 1.54) is 6.07 Å².